The molecule has 1 aromatic carbocycles. The molecule has 3 amide bonds. The van der Waals surface area contributed by atoms with Crippen LogP contribution in [0.2, 0.25) is 0 Å². The Hall–Kier alpha value is -2.83. The first-order valence-electron chi connectivity index (χ1n) is 10.2. The summed E-state index contributed by atoms with van der Waals surface area (Å²) in [7, 11) is -4.45. The number of β-lactam (4-membered cyclic amide) rings is 1. The molecule has 0 aliphatic carbocycles. The fourth-order valence-corrected chi connectivity index (χ4v) is 6.43. The lowest BCUT2D eigenvalue weighted by molar-refractivity contribution is -0.151. The van der Waals surface area contributed by atoms with Gasteiger partial charge in [0.05, 0.1) is 6.26 Å². The van der Waals surface area contributed by atoms with Gasteiger partial charge < -0.3 is 14.6 Å². The van der Waals surface area contributed by atoms with Crippen molar-refractivity contribution in [2.24, 2.45) is 0 Å². The van der Waals surface area contributed by atoms with Crippen molar-refractivity contribution in [2.75, 3.05) is 0 Å². The molecule has 33 heavy (non-hydrogen) atoms. The van der Waals surface area contributed by atoms with Crippen LogP contribution in [-0.2, 0) is 19.8 Å². The molecule has 10 nitrogen and oxygen atoms in total. The standard InChI is InChI=1S/C21H24N4O6S2/c1-12-21(2,3)32-20-16(19(28)25(12)20)22-18(27)15(13-8-5-4-6-9-13)23-33(29,30)24-17(26)14-10-7-11-31-14/h4-12,15-16,20,23H,1-3H3,(H,22,27)(H,24,26)/t12-,15?,16+,20+/m0/s1. The van der Waals surface area contributed by atoms with Crippen molar-refractivity contribution in [2.45, 2.75) is 49.0 Å². The predicted molar refractivity (Wildman–Crippen MR) is 121 cm³/mol. The van der Waals surface area contributed by atoms with Crippen LogP contribution in [-0.4, -0.2) is 53.2 Å². The van der Waals surface area contributed by atoms with Crippen LogP contribution in [0.4, 0.5) is 0 Å². The molecule has 3 N–H and O–H groups in total. The fraction of sp³-hybridized carbons (Fsp3) is 0.381. The van der Waals surface area contributed by atoms with Gasteiger partial charge in [-0.15, -0.1) is 11.8 Å². The summed E-state index contributed by atoms with van der Waals surface area (Å²) in [6.45, 7) is 6.04. The number of benzene rings is 1. The van der Waals surface area contributed by atoms with E-state index in [1.54, 1.807) is 47.0 Å². The number of nitrogens with one attached hydrogen (secondary N) is 3. The molecule has 0 spiro atoms. The van der Waals surface area contributed by atoms with Crippen LogP contribution in [0, 0.1) is 0 Å². The number of hydrogen-bond donors (Lipinski definition) is 3. The van der Waals surface area contributed by atoms with Gasteiger partial charge >= 0.3 is 16.1 Å². The van der Waals surface area contributed by atoms with Gasteiger partial charge in [-0.2, -0.15) is 13.1 Å². The van der Waals surface area contributed by atoms with E-state index in [-0.39, 0.29) is 27.8 Å². The summed E-state index contributed by atoms with van der Waals surface area (Å²) in [6, 6.07) is 8.80. The average molecular weight is 493 g/mol. The first-order chi connectivity index (χ1) is 15.5. The van der Waals surface area contributed by atoms with Crippen LogP contribution in [0.15, 0.2) is 53.1 Å². The van der Waals surface area contributed by atoms with Gasteiger partial charge in [0, 0.05) is 10.8 Å². The first kappa shape index (κ1) is 23.3. The monoisotopic (exact) mass is 492 g/mol. The molecule has 0 radical (unpaired) electrons. The van der Waals surface area contributed by atoms with E-state index in [4.69, 9.17) is 4.42 Å². The minimum atomic E-state index is -4.45. The Morgan fingerprint density at radius 1 is 1.15 bits per heavy atom. The number of nitrogens with zero attached hydrogens (tertiary/aromatic N) is 1. The second-order valence-corrected chi connectivity index (χ2v) is 11.6. The molecule has 2 fully saturated rings. The highest BCUT2D eigenvalue weighted by molar-refractivity contribution is 8.01. The van der Waals surface area contributed by atoms with E-state index in [0.29, 0.717) is 5.56 Å². The van der Waals surface area contributed by atoms with E-state index in [0.717, 1.165) is 0 Å². The smallest absolute Gasteiger partial charge is 0.302 e. The molecule has 4 rings (SSSR count). The zero-order chi connectivity index (χ0) is 24.0. The Bertz CT molecular complexity index is 1170. The van der Waals surface area contributed by atoms with Gasteiger partial charge in [-0.3, -0.25) is 14.4 Å². The molecular weight excluding hydrogens is 468 g/mol. The minimum absolute atomic E-state index is 0.00777. The molecule has 3 heterocycles. The molecule has 2 saturated heterocycles. The Kier molecular flexibility index (Phi) is 6.01. The van der Waals surface area contributed by atoms with E-state index in [2.05, 4.69) is 10.0 Å². The number of fused-ring (bicyclic) bond motifs is 1. The molecule has 0 saturated carbocycles. The molecule has 2 aliphatic rings. The maximum Gasteiger partial charge on any atom is 0.302 e. The third-order valence-electron chi connectivity index (χ3n) is 5.87. The fourth-order valence-electron chi connectivity index (χ4n) is 3.82. The van der Waals surface area contributed by atoms with Crippen molar-refractivity contribution in [1.29, 1.82) is 0 Å². The highest BCUT2D eigenvalue weighted by Crippen LogP contribution is 2.50. The molecule has 0 bridgehead atoms. The molecule has 176 valence electrons. The third kappa shape index (κ3) is 4.50. The van der Waals surface area contributed by atoms with Crippen LogP contribution in [0.5, 0.6) is 0 Å². The SMILES string of the molecule is C[C@@H]1N2C(=O)[C@@H](NC(=O)C(NS(=O)(=O)NC(=O)c3ccco3)c3ccccc3)[C@H]2SC1(C)C. The van der Waals surface area contributed by atoms with Crippen LogP contribution in [0.1, 0.15) is 42.9 Å². The van der Waals surface area contributed by atoms with E-state index in [1.165, 1.54) is 18.4 Å². The number of carbonyl (C=O) groups is 3. The summed E-state index contributed by atoms with van der Waals surface area (Å²) in [5.74, 6) is -2.09. The Labute approximate surface area is 195 Å². The van der Waals surface area contributed by atoms with Crippen molar-refractivity contribution in [3.8, 4) is 0 Å². The highest BCUT2D eigenvalue weighted by atomic mass is 32.2. The van der Waals surface area contributed by atoms with Gasteiger partial charge in [0.2, 0.25) is 11.8 Å². The number of thioether (sulfide) groups is 1. The van der Waals surface area contributed by atoms with Crippen LogP contribution < -0.4 is 14.8 Å². The van der Waals surface area contributed by atoms with Crippen molar-refractivity contribution < 1.29 is 27.2 Å². The number of hydrogen-bond acceptors (Lipinski definition) is 7. The Morgan fingerprint density at radius 2 is 1.85 bits per heavy atom. The van der Waals surface area contributed by atoms with E-state index in [9.17, 15) is 22.8 Å². The summed E-state index contributed by atoms with van der Waals surface area (Å²) in [5.41, 5.74) is 0.349. The molecule has 2 aliphatic heterocycles. The van der Waals surface area contributed by atoms with Gasteiger partial charge in [0.15, 0.2) is 5.76 Å². The van der Waals surface area contributed by atoms with Crippen LogP contribution >= 0.6 is 11.8 Å². The average Bonchev–Trinajstić information content (AvgIpc) is 3.37. The molecular formula is C21H24N4O6S2. The first-order valence-corrected chi connectivity index (χ1v) is 12.6. The summed E-state index contributed by atoms with van der Waals surface area (Å²) in [6.07, 6.45) is 1.23. The number of amides is 3. The van der Waals surface area contributed by atoms with E-state index < -0.39 is 34.1 Å². The highest BCUT2D eigenvalue weighted by Gasteiger charge is 2.60. The summed E-state index contributed by atoms with van der Waals surface area (Å²) in [5, 5.41) is 2.46. The normalized spacial score (nSPS) is 24.5. The molecule has 2 aromatic rings. The number of furan rings is 1. The van der Waals surface area contributed by atoms with Crippen molar-refractivity contribution >= 4 is 39.7 Å². The van der Waals surface area contributed by atoms with Gasteiger partial charge in [0.25, 0.3) is 0 Å². The zero-order valence-corrected chi connectivity index (χ0v) is 19.8. The lowest BCUT2D eigenvalue weighted by Crippen LogP contribution is -2.69. The third-order valence-corrected chi connectivity index (χ3v) is 8.56. The van der Waals surface area contributed by atoms with Crippen molar-refractivity contribution in [1.82, 2.24) is 19.7 Å². The lowest BCUT2D eigenvalue weighted by Gasteiger charge is -2.44. The molecule has 4 atom stereocenters. The predicted octanol–water partition coefficient (Wildman–Crippen LogP) is 1.15. The lowest BCUT2D eigenvalue weighted by atomic mass is 9.97. The molecule has 1 aromatic heterocycles. The number of carbonyl (C=O) groups excluding carboxylic acids is 3. The Morgan fingerprint density at radius 3 is 2.48 bits per heavy atom. The largest absolute Gasteiger partial charge is 0.459 e. The summed E-state index contributed by atoms with van der Waals surface area (Å²) < 4.78 is 34.0. The van der Waals surface area contributed by atoms with Gasteiger partial charge in [-0.05, 0) is 38.5 Å². The molecule has 12 heteroatoms. The van der Waals surface area contributed by atoms with Gasteiger partial charge in [-0.1, -0.05) is 30.3 Å². The second-order valence-electron chi connectivity index (χ2n) is 8.39. The maximum absolute atomic E-state index is 13.2. The Balaban J connectivity index is 1.51. The zero-order valence-electron chi connectivity index (χ0n) is 18.1. The second kappa shape index (κ2) is 8.50. The van der Waals surface area contributed by atoms with Crippen molar-refractivity contribution in [3.63, 3.8) is 0 Å². The van der Waals surface area contributed by atoms with Crippen LogP contribution in [0.25, 0.3) is 0 Å². The summed E-state index contributed by atoms with van der Waals surface area (Å²) in [4.78, 5) is 39.7. The number of rotatable bonds is 7. The summed E-state index contributed by atoms with van der Waals surface area (Å²) >= 11 is 1.59. The van der Waals surface area contributed by atoms with E-state index >= 15 is 0 Å². The molecule has 1 unspecified atom stereocenters. The minimum Gasteiger partial charge on any atom is -0.459 e. The van der Waals surface area contributed by atoms with Gasteiger partial charge in [-0.25, -0.2) is 4.72 Å². The van der Waals surface area contributed by atoms with E-state index in [1.807, 2.05) is 25.5 Å². The maximum atomic E-state index is 13.2. The van der Waals surface area contributed by atoms with Crippen LogP contribution in [0.3, 0.4) is 0 Å². The quantitative estimate of drug-likeness (QED) is 0.493. The van der Waals surface area contributed by atoms with Crippen molar-refractivity contribution in [3.05, 3.63) is 60.1 Å². The van der Waals surface area contributed by atoms with Gasteiger partial charge in [0.1, 0.15) is 17.5 Å². The topological polar surface area (TPSA) is 138 Å².